The number of hydrogen-bond donors (Lipinski definition) is 1. The summed E-state index contributed by atoms with van der Waals surface area (Å²) in [6.45, 7) is 1.06. The van der Waals surface area contributed by atoms with Gasteiger partial charge in [-0.1, -0.05) is 31.0 Å². The maximum absolute atomic E-state index is 14.1. The molecule has 170 valence electrons. The number of nitrogens with one attached hydrogen (secondary N) is 1. The molecule has 0 aromatic heterocycles. The van der Waals surface area contributed by atoms with Gasteiger partial charge in [-0.15, -0.1) is 0 Å². The van der Waals surface area contributed by atoms with Gasteiger partial charge in [-0.05, 0) is 43.2 Å². The molecule has 7 nitrogen and oxygen atoms in total. The van der Waals surface area contributed by atoms with Gasteiger partial charge in [0.05, 0.1) is 16.5 Å². The average Bonchev–Trinajstić information content (AvgIpc) is 2.98. The van der Waals surface area contributed by atoms with Crippen LogP contribution in [0.25, 0.3) is 0 Å². The summed E-state index contributed by atoms with van der Waals surface area (Å²) in [4.78, 5) is 26.6. The minimum absolute atomic E-state index is 0.0358. The Balaban J connectivity index is 1.46. The van der Waals surface area contributed by atoms with Gasteiger partial charge < -0.3 is 10.2 Å². The number of anilines is 2. The number of amides is 2. The van der Waals surface area contributed by atoms with E-state index in [-0.39, 0.29) is 29.5 Å². The molecule has 1 atom stereocenters. The third kappa shape index (κ3) is 4.68. The molecular weight excluding hydrogens is 433 g/mol. The second-order valence-corrected chi connectivity index (χ2v) is 10.1. The standard InChI is InChI=1S/C23H26FN3O4S/c24-20-10-3-4-11-21(20)27-16-17(14-22(27)28)23(29)25-18-8-7-9-19(15-18)32(30,31)26-12-5-1-2-6-13-26/h3-4,7-11,15,17H,1-2,5-6,12-14,16H2,(H,25,29). The molecule has 0 spiro atoms. The van der Waals surface area contributed by atoms with Gasteiger partial charge in [-0.2, -0.15) is 4.31 Å². The van der Waals surface area contributed by atoms with Crippen LogP contribution in [0.3, 0.4) is 0 Å². The van der Waals surface area contributed by atoms with Crippen LogP contribution < -0.4 is 10.2 Å². The number of sulfonamides is 1. The first kappa shape index (κ1) is 22.4. The highest BCUT2D eigenvalue weighted by molar-refractivity contribution is 7.89. The van der Waals surface area contributed by atoms with Crippen molar-refractivity contribution >= 4 is 33.2 Å². The van der Waals surface area contributed by atoms with Crippen LogP contribution in [0, 0.1) is 11.7 Å². The number of halogens is 1. The number of nitrogens with zero attached hydrogens (tertiary/aromatic N) is 2. The number of para-hydroxylation sites is 1. The Morgan fingerprint density at radius 3 is 2.44 bits per heavy atom. The highest BCUT2D eigenvalue weighted by atomic mass is 32.2. The molecule has 2 aliphatic rings. The van der Waals surface area contributed by atoms with Crippen molar-refractivity contribution in [1.29, 1.82) is 0 Å². The molecule has 0 aliphatic carbocycles. The molecule has 2 aromatic rings. The lowest BCUT2D eigenvalue weighted by Gasteiger charge is -2.20. The molecule has 2 heterocycles. The Bertz CT molecular complexity index is 1110. The largest absolute Gasteiger partial charge is 0.326 e. The minimum Gasteiger partial charge on any atom is -0.326 e. The summed E-state index contributed by atoms with van der Waals surface area (Å²) >= 11 is 0. The zero-order chi connectivity index (χ0) is 22.7. The lowest BCUT2D eigenvalue weighted by molar-refractivity contribution is -0.122. The van der Waals surface area contributed by atoms with Crippen molar-refractivity contribution in [3.63, 3.8) is 0 Å². The van der Waals surface area contributed by atoms with Crippen LogP contribution in [-0.4, -0.2) is 44.2 Å². The molecule has 32 heavy (non-hydrogen) atoms. The third-order valence-electron chi connectivity index (χ3n) is 5.94. The summed E-state index contributed by atoms with van der Waals surface area (Å²) in [6, 6.07) is 12.1. The molecule has 2 amide bonds. The molecule has 1 N–H and O–H groups in total. The second-order valence-electron chi connectivity index (χ2n) is 8.19. The quantitative estimate of drug-likeness (QED) is 0.743. The Hall–Kier alpha value is -2.78. The first-order valence-corrected chi connectivity index (χ1v) is 12.3. The van der Waals surface area contributed by atoms with E-state index in [4.69, 9.17) is 0 Å². The number of benzene rings is 2. The molecule has 0 saturated carbocycles. The number of carbonyl (C=O) groups excluding carboxylic acids is 2. The zero-order valence-corrected chi connectivity index (χ0v) is 18.5. The Labute approximate surface area is 187 Å². The van der Waals surface area contributed by atoms with Crippen LogP contribution in [0.15, 0.2) is 53.4 Å². The van der Waals surface area contributed by atoms with Gasteiger partial charge in [-0.3, -0.25) is 9.59 Å². The number of hydrogen-bond acceptors (Lipinski definition) is 4. The topological polar surface area (TPSA) is 86.8 Å². The van der Waals surface area contributed by atoms with Crippen LogP contribution in [-0.2, 0) is 19.6 Å². The maximum atomic E-state index is 14.1. The first-order chi connectivity index (χ1) is 15.4. The van der Waals surface area contributed by atoms with E-state index in [1.54, 1.807) is 18.2 Å². The van der Waals surface area contributed by atoms with Crippen molar-refractivity contribution in [2.75, 3.05) is 29.9 Å². The van der Waals surface area contributed by atoms with Crippen molar-refractivity contribution in [2.24, 2.45) is 5.92 Å². The van der Waals surface area contributed by atoms with Crippen LogP contribution in [0.1, 0.15) is 32.1 Å². The van der Waals surface area contributed by atoms with Crippen LogP contribution in [0.5, 0.6) is 0 Å². The van der Waals surface area contributed by atoms with E-state index < -0.39 is 27.7 Å². The molecule has 4 rings (SSSR count). The Kier molecular flexibility index (Phi) is 6.57. The maximum Gasteiger partial charge on any atom is 0.243 e. The molecular formula is C23H26FN3O4S. The van der Waals surface area contributed by atoms with E-state index in [0.29, 0.717) is 18.8 Å². The molecule has 2 fully saturated rings. The Morgan fingerprint density at radius 2 is 1.72 bits per heavy atom. The summed E-state index contributed by atoms with van der Waals surface area (Å²) in [5.74, 6) is -1.91. The van der Waals surface area contributed by atoms with Gasteiger partial charge in [0.15, 0.2) is 0 Å². The van der Waals surface area contributed by atoms with E-state index in [9.17, 15) is 22.4 Å². The molecule has 2 aromatic carbocycles. The van der Waals surface area contributed by atoms with Crippen LogP contribution in [0.4, 0.5) is 15.8 Å². The Morgan fingerprint density at radius 1 is 1.00 bits per heavy atom. The normalized spacial score (nSPS) is 20.2. The van der Waals surface area contributed by atoms with Gasteiger partial charge in [0.2, 0.25) is 21.8 Å². The van der Waals surface area contributed by atoms with Gasteiger partial charge in [0, 0.05) is 31.7 Å². The summed E-state index contributed by atoms with van der Waals surface area (Å²) in [6.07, 6.45) is 3.68. The SMILES string of the molecule is O=C(Nc1cccc(S(=O)(=O)N2CCCCCC2)c1)C1CC(=O)N(c2ccccc2F)C1. The van der Waals surface area contributed by atoms with Crippen molar-refractivity contribution in [3.05, 3.63) is 54.3 Å². The van der Waals surface area contributed by atoms with E-state index in [1.165, 1.54) is 39.5 Å². The van der Waals surface area contributed by atoms with Crippen molar-refractivity contribution in [3.8, 4) is 0 Å². The van der Waals surface area contributed by atoms with E-state index in [1.807, 2.05) is 0 Å². The fourth-order valence-electron chi connectivity index (χ4n) is 4.20. The average molecular weight is 460 g/mol. The molecule has 0 radical (unpaired) electrons. The first-order valence-electron chi connectivity index (χ1n) is 10.8. The van der Waals surface area contributed by atoms with Crippen LogP contribution in [0.2, 0.25) is 0 Å². The zero-order valence-electron chi connectivity index (χ0n) is 17.7. The predicted molar refractivity (Wildman–Crippen MR) is 119 cm³/mol. The fraction of sp³-hybridized carbons (Fsp3) is 0.391. The molecule has 9 heteroatoms. The van der Waals surface area contributed by atoms with Crippen LogP contribution >= 0.6 is 0 Å². The van der Waals surface area contributed by atoms with E-state index >= 15 is 0 Å². The fourth-order valence-corrected chi connectivity index (χ4v) is 5.76. The van der Waals surface area contributed by atoms with Crippen molar-refractivity contribution in [2.45, 2.75) is 37.0 Å². The van der Waals surface area contributed by atoms with Crippen molar-refractivity contribution in [1.82, 2.24) is 4.31 Å². The summed E-state index contributed by atoms with van der Waals surface area (Å²) in [5, 5.41) is 2.72. The van der Waals surface area contributed by atoms with Crippen molar-refractivity contribution < 1.29 is 22.4 Å². The lowest BCUT2D eigenvalue weighted by Crippen LogP contribution is -2.32. The van der Waals surface area contributed by atoms with Gasteiger partial charge >= 0.3 is 0 Å². The van der Waals surface area contributed by atoms with Gasteiger partial charge in [0.25, 0.3) is 0 Å². The minimum atomic E-state index is -3.64. The lowest BCUT2D eigenvalue weighted by atomic mass is 10.1. The summed E-state index contributed by atoms with van der Waals surface area (Å²) in [7, 11) is -3.64. The van der Waals surface area contributed by atoms with E-state index in [2.05, 4.69) is 5.32 Å². The van der Waals surface area contributed by atoms with Gasteiger partial charge in [-0.25, -0.2) is 12.8 Å². The third-order valence-corrected chi connectivity index (χ3v) is 7.84. The second kappa shape index (κ2) is 9.38. The smallest absolute Gasteiger partial charge is 0.243 e. The van der Waals surface area contributed by atoms with E-state index in [0.717, 1.165) is 25.7 Å². The number of carbonyl (C=O) groups is 2. The summed E-state index contributed by atoms with van der Waals surface area (Å²) < 4.78 is 41.6. The highest BCUT2D eigenvalue weighted by Crippen LogP contribution is 2.28. The highest BCUT2D eigenvalue weighted by Gasteiger charge is 2.36. The molecule has 0 bridgehead atoms. The predicted octanol–water partition coefficient (Wildman–Crippen LogP) is 3.38. The monoisotopic (exact) mass is 459 g/mol. The molecule has 2 saturated heterocycles. The van der Waals surface area contributed by atoms with Gasteiger partial charge in [0.1, 0.15) is 5.82 Å². The number of rotatable bonds is 5. The molecule has 2 aliphatic heterocycles. The summed E-state index contributed by atoms with van der Waals surface area (Å²) in [5.41, 5.74) is 0.501. The molecule has 1 unspecified atom stereocenters.